The Morgan fingerprint density at radius 2 is 1.68 bits per heavy atom. The van der Waals surface area contributed by atoms with Crippen LogP contribution in [0.2, 0.25) is 0 Å². The van der Waals surface area contributed by atoms with Gasteiger partial charge in [-0.1, -0.05) is 0 Å². The molecule has 0 saturated heterocycles. The number of aliphatic carboxylic acids is 2. The second-order valence-electron chi connectivity index (χ2n) is 3.51. The van der Waals surface area contributed by atoms with Gasteiger partial charge in [0, 0.05) is 16.1 Å². The highest BCUT2D eigenvalue weighted by Crippen LogP contribution is 2.34. The number of carbonyl (C=O) groups excluding carboxylic acids is 1. The van der Waals surface area contributed by atoms with Gasteiger partial charge in [0.25, 0.3) is 0 Å². The molecule has 0 fully saturated rings. The van der Waals surface area contributed by atoms with Crippen LogP contribution in [-0.4, -0.2) is 28.1 Å². The first kappa shape index (κ1) is 16.1. The summed E-state index contributed by atoms with van der Waals surface area (Å²) in [6.07, 6.45) is 0. The molecule has 102 valence electrons. The minimum atomic E-state index is -1.78. The third-order valence-corrected chi connectivity index (χ3v) is 3.51. The van der Waals surface area contributed by atoms with E-state index in [2.05, 4.69) is 0 Å². The van der Waals surface area contributed by atoms with E-state index in [-0.39, 0.29) is 11.3 Å². The summed E-state index contributed by atoms with van der Waals surface area (Å²) < 4.78 is 6.06. The molecule has 1 rings (SSSR count). The number of halogens is 2. The lowest BCUT2D eigenvalue weighted by atomic mass is 9.98. The first-order valence-corrected chi connectivity index (χ1v) is 7.02. The van der Waals surface area contributed by atoms with Crippen LogP contribution < -0.4 is 4.74 Å². The summed E-state index contributed by atoms with van der Waals surface area (Å²) in [6, 6.07) is 3.04. The van der Waals surface area contributed by atoms with Crippen LogP contribution in [0.1, 0.15) is 18.4 Å². The number of esters is 1. The predicted molar refractivity (Wildman–Crippen MR) is 81.2 cm³/mol. The van der Waals surface area contributed by atoms with Crippen molar-refractivity contribution in [2.75, 3.05) is 0 Å². The maximum absolute atomic E-state index is 11.1. The largest absolute Gasteiger partial charge is 0.480 e. The van der Waals surface area contributed by atoms with Gasteiger partial charge < -0.3 is 14.9 Å². The summed E-state index contributed by atoms with van der Waals surface area (Å²) in [5.74, 6) is -5.48. The maximum Gasteiger partial charge on any atom is 0.322 e. The van der Waals surface area contributed by atoms with Gasteiger partial charge in [0.1, 0.15) is 5.75 Å². The van der Waals surface area contributed by atoms with Gasteiger partial charge in [-0.05, 0) is 57.3 Å². The van der Waals surface area contributed by atoms with E-state index in [9.17, 15) is 14.4 Å². The molecule has 0 amide bonds. The lowest BCUT2D eigenvalue weighted by Crippen LogP contribution is -2.23. The lowest BCUT2D eigenvalue weighted by molar-refractivity contribution is -0.150. The normalized spacial score (nSPS) is 10.3. The topological polar surface area (TPSA) is 101 Å². The van der Waals surface area contributed by atoms with E-state index in [0.717, 1.165) is 6.92 Å². The van der Waals surface area contributed by atoms with Gasteiger partial charge >= 0.3 is 17.9 Å². The number of carboxylic acids is 2. The molecule has 0 aromatic heterocycles. The number of hydrogen-bond acceptors (Lipinski definition) is 4. The molecule has 6 nitrogen and oxygen atoms in total. The standard InChI is InChI=1S/C11H8I2O6/c1-4(14)19-9-6(2-5(12)3-7(9)13)8(10(15)16)11(17)18/h2-3,8H,1H3,(H,15,16)(H,17,18). The van der Waals surface area contributed by atoms with Crippen molar-refractivity contribution in [2.45, 2.75) is 12.8 Å². The van der Waals surface area contributed by atoms with Crippen molar-refractivity contribution in [3.63, 3.8) is 0 Å². The summed E-state index contributed by atoms with van der Waals surface area (Å²) in [6.45, 7) is 1.16. The van der Waals surface area contributed by atoms with Crippen LogP contribution in [0.5, 0.6) is 5.75 Å². The lowest BCUT2D eigenvalue weighted by Gasteiger charge is -2.15. The summed E-state index contributed by atoms with van der Waals surface area (Å²) in [7, 11) is 0. The van der Waals surface area contributed by atoms with Crippen molar-refractivity contribution in [3.8, 4) is 5.75 Å². The van der Waals surface area contributed by atoms with Crippen molar-refractivity contribution in [2.24, 2.45) is 0 Å². The molecular formula is C11H8I2O6. The molecule has 0 spiro atoms. The van der Waals surface area contributed by atoms with Gasteiger partial charge in [0.15, 0.2) is 5.92 Å². The molecule has 0 aliphatic rings. The number of rotatable bonds is 4. The smallest absolute Gasteiger partial charge is 0.322 e. The Morgan fingerprint density at radius 1 is 1.16 bits per heavy atom. The number of carboxylic acid groups (broad SMARTS) is 2. The van der Waals surface area contributed by atoms with Crippen molar-refractivity contribution in [3.05, 3.63) is 24.8 Å². The van der Waals surface area contributed by atoms with E-state index in [1.165, 1.54) is 6.07 Å². The summed E-state index contributed by atoms with van der Waals surface area (Å²) >= 11 is 3.79. The quantitative estimate of drug-likeness (QED) is 0.290. The van der Waals surface area contributed by atoms with Crippen LogP contribution in [0.3, 0.4) is 0 Å². The van der Waals surface area contributed by atoms with Gasteiger partial charge in [-0.15, -0.1) is 0 Å². The minimum absolute atomic E-state index is 0.0247. The highest BCUT2D eigenvalue weighted by Gasteiger charge is 2.32. The zero-order chi connectivity index (χ0) is 14.7. The van der Waals surface area contributed by atoms with Gasteiger partial charge in [0.05, 0.1) is 3.57 Å². The first-order valence-electron chi connectivity index (χ1n) is 4.87. The van der Waals surface area contributed by atoms with E-state index >= 15 is 0 Å². The van der Waals surface area contributed by atoms with Crippen molar-refractivity contribution in [1.29, 1.82) is 0 Å². The maximum atomic E-state index is 11.1. The molecule has 0 aliphatic carbocycles. The molecular weight excluding hydrogens is 482 g/mol. The van der Waals surface area contributed by atoms with Crippen molar-refractivity contribution >= 4 is 63.1 Å². The van der Waals surface area contributed by atoms with Crippen LogP contribution in [0.25, 0.3) is 0 Å². The Kier molecular flexibility index (Phi) is 5.52. The Bertz CT molecular complexity index is 540. The monoisotopic (exact) mass is 490 g/mol. The van der Waals surface area contributed by atoms with Gasteiger partial charge in [-0.3, -0.25) is 14.4 Å². The SMILES string of the molecule is CC(=O)Oc1c(I)cc(I)cc1C(C(=O)O)C(=O)O. The Balaban J connectivity index is 3.50. The van der Waals surface area contributed by atoms with E-state index in [4.69, 9.17) is 14.9 Å². The molecule has 2 N–H and O–H groups in total. The molecule has 0 saturated carbocycles. The Morgan fingerprint density at radius 3 is 2.11 bits per heavy atom. The second kappa shape index (κ2) is 6.50. The van der Waals surface area contributed by atoms with Gasteiger partial charge in [-0.25, -0.2) is 0 Å². The summed E-state index contributed by atoms with van der Waals surface area (Å²) in [5, 5.41) is 18.0. The van der Waals surface area contributed by atoms with Crippen LogP contribution in [-0.2, 0) is 14.4 Å². The van der Waals surface area contributed by atoms with Crippen LogP contribution in [0, 0.1) is 7.14 Å². The molecule has 1 aromatic carbocycles. The number of carbonyl (C=O) groups is 3. The molecule has 1 aromatic rings. The van der Waals surface area contributed by atoms with E-state index in [0.29, 0.717) is 7.14 Å². The summed E-state index contributed by atoms with van der Waals surface area (Å²) in [5.41, 5.74) is -0.0495. The number of hydrogen-bond donors (Lipinski definition) is 2. The molecule has 0 radical (unpaired) electrons. The zero-order valence-corrected chi connectivity index (χ0v) is 13.8. The van der Waals surface area contributed by atoms with Gasteiger partial charge in [0.2, 0.25) is 0 Å². The van der Waals surface area contributed by atoms with E-state index < -0.39 is 23.8 Å². The molecule has 0 unspecified atom stereocenters. The molecule has 19 heavy (non-hydrogen) atoms. The molecule has 0 heterocycles. The van der Waals surface area contributed by atoms with E-state index in [1.54, 1.807) is 6.07 Å². The van der Waals surface area contributed by atoms with Gasteiger partial charge in [-0.2, -0.15) is 0 Å². The molecule has 0 atom stereocenters. The van der Waals surface area contributed by atoms with E-state index in [1.807, 2.05) is 45.2 Å². The van der Waals surface area contributed by atoms with Crippen molar-refractivity contribution in [1.82, 2.24) is 0 Å². The number of ether oxygens (including phenoxy) is 1. The molecule has 8 heteroatoms. The Hall–Kier alpha value is -0.910. The molecule has 0 bridgehead atoms. The predicted octanol–water partition coefficient (Wildman–Crippen LogP) is 2.07. The fourth-order valence-corrected chi connectivity index (χ4v) is 3.42. The van der Waals surface area contributed by atoms with Crippen molar-refractivity contribution < 1.29 is 29.3 Å². The average molecular weight is 490 g/mol. The summed E-state index contributed by atoms with van der Waals surface area (Å²) in [4.78, 5) is 33.2. The third kappa shape index (κ3) is 4.03. The number of benzene rings is 1. The first-order chi connectivity index (χ1) is 8.73. The minimum Gasteiger partial charge on any atom is -0.480 e. The fourth-order valence-electron chi connectivity index (χ4n) is 1.42. The fraction of sp³-hybridized carbons (Fsp3) is 0.182. The zero-order valence-electron chi connectivity index (χ0n) is 9.52. The van der Waals surface area contributed by atoms with Crippen LogP contribution >= 0.6 is 45.2 Å². The molecule has 0 aliphatic heterocycles. The van der Waals surface area contributed by atoms with Crippen LogP contribution in [0.15, 0.2) is 12.1 Å². The highest BCUT2D eigenvalue weighted by molar-refractivity contribution is 14.1. The average Bonchev–Trinajstić information content (AvgIpc) is 2.21. The Labute approximate surface area is 135 Å². The van der Waals surface area contributed by atoms with Crippen LogP contribution in [0.4, 0.5) is 0 Å². The third-order valence-electron chi connectivity index (χ3n) is 2.09. The second-order valence-corrected chi connectivity index (χ2v) is 5.92. The highest BCUT2D eigenvalue weighted by atomic mass is 127.